The summed E-state index contributed by atoms with van der Waals surface area (Å²) in [6.45, 7) is 0.817. The Kier molecular flexibility index (Phi) is 6.00. The molecule has 2 heterocycles. The minimum atomic E-state index is -3.49. The van der Waals surface area contributed by atoms with E-state index >= 15 is 0 Å². The topological polar surface area (TPSA) is 84.0 Å². The van der Waals surface area contributed by atoms with Crippen LogP contribution in [0.5, 0.6) is 5.75 Å². The standard InChI is InChI=1S/C23H26N2O5S/c1-30-20-9-5-7-18(14-20)25-15-17(13-22(25)26)23(27)24-12-6-8-19(24)16-31(28,29)21-10-3-2-4-11-21/h2-5,7,9-11,14,17,19H,6,8,12-13,15-16H2,1H3. The van der Waals surface area contributed by atoms with E-state index in [1.54, 1.807) is 59.4 Å². The molecule has 2 amide bonds. The third-order valence-electron chi connectivity index (χ3n) is 6.01. The molecule has 164 valence electrons. The van der Waals surface area contributed by atoms with E-state index in [2.05, 4.69) is 0 Å². The maximum atomic E-state index is 13.3. The minimum Gasteiger partial charge on any atom is -0.497 e. The molecule has 0 aliphatic carbocycles. The molecule has 4 rings (SSSR count). The molecule has 7 nitrogen and oxygen atoms in total. The Labute approximate surface area is 182 Å². The third-order valence-corrected chi connectivity index (χ3v) is 7.83. The number of ether oxygens (including phenoxy) is 1. The fraction of sp³-hybridized carbons (Fsp3) is 0.391. The molecule has 2 atom stereocenters. The molecular formula is C23H26N2O5S. The van der Waals surface area contributed by atoms with Crippen LogP contribution in [0, 0.1) is 5.92 Å². The second kappa shape index (κ2) is 8.70. The molecule has 31 heavy (non-hydrogen) atoms. The van der Waals surface area contributed by atoms with Gasteiger partial charge in [-0.2, -0.15) is 0 Å². The minimum absolute atomic E-state index is 0.0942. The number of rotatable bonds is 6. The number of likely N-dealkylation sites (tertiary alicyclic amines) is 1. The van der Waals surface area contributed by atoms with Crippen LogP contribution in [-0.4, -0.2) is 57.1 Å². The first-order chi connectivity index (χ1) is 14.9. The van der Waals surface area contributed by atoms with Crippen LogP contribution in [0.2, 0.25) is 0 Å². The lowest BCUT2D eigenvalue weighted by Gasteiger charge is -2.27. The van der Waals surface area contributed by atoms with Crippen molar-refractivity contribution in [1.82, 2.24) is 4.90 Å². The predicted molar refractivity (Wildman–Crippen MR) is 117 cm³/mol. The van der Waals surface area contributed by atoms with Gasteiger partial charge in [0.2, 0.25) is 11.8 Å². The first-order valence-corrected chi connectivity index (χ1v) is 12.1. The Morgan fingerprint density at radius 2 is 1.90 bits per heavy atom. The second-order valence-corrected chi connectivity index (χ2v) is 10.1. The summed E-state index contributed by atoms with van der Waals surface area (Å²) in [5.41, 5.74) is 0.698. The largest absolute Gasteiger partial charge is 0.497 e. The molecule has 2 aromatic rings. The second-order valence-electron chi connectivity index (χ2n) is 8.03. The first-order valence-electron chi connectivity index (χ1n) is 10.4. The highest BCUT2D eigenvalue weighted by Crippen LogP contribution is 2.31. The summed E-state index contributed by atoms with van der Waals surface area (Å²) in [7, 11) is -1.93. The number of hydrogen-bond donors (Lipinski definition) is 0. The summed E-state index contributed by atoms with van der Waals surface area (Å²) < 4.78 is 30.9. The predicted octanol–water partition coefficient (Wildman–Crippen LogP) is 2.51. The lowest BCUT2D eigenvalue weighted by atomic mass is 10.1. The van der Waals surface area contributed by atoms with Crippen molar-refractivity contribution in [3.63, 3.8) is 0 Å². The normalized spacial score (nSPS) is 21.5. The van der Waals surface area contributed by atoms with Gasteiger partial charge in [0.15, 0.2) is 9.84 Å². The van der Waals surface area contributed by atoms with Crippen LogP contribution >= 0.6 is 0 Å². The number of methoxy groups -OCH3 is 1. The monoisotopic (exact) mass is 442 g/mol. The molecule has 2 aliphatic heterocycles. The van der Waals surface area contributed by atoms with Gasteiger partial charge in [0, 0.05) is 37.3 Å². The molecule has 2 aromatic carbocycles. The summed E-state index contributed by atoms with van der Waals surface area (Å²) in [6.07, 6.45) is 1.55. The molecule has 0 bridgehead atoms. The molecule has 0 saturated carbocycles. The molecule has 0 N–H and O–H groups in total. The maximum Gasteiger partial charge on any atom is 0.228 e. The SMILES string of the molecule is COc1cccc(N2CC(C(=O)N3CCCC3CS(=O)(=O)c3ccccc3)CC2=O)c1. The smallest absolute Gasteiger partial charge is 0.228 e. The number of amides is 2. The zero-order chi connectivity index (χ0) is 22.0. The van der Waals surface area contributed by atoms with E-state index in [0.29, 0.717) is 30.9 Å². The van der Waals surface area contributed by atoms with Gasteiger partial charge in [0.25, 0.3) is 0 Å². The zero-order valence-corrected chi connectivity index (χ0v) is 18.3. The van der Waals surface area contributed by atoms with E-state index in [9.17, 15) is 18.0 Å². The van der Waals surface area contributed by atoms with Gasteiger partial charge in [-0.3, -0.25) is 9.59 Å². The fourth-order valence-electron chi connectivity index (χ4n) is 4.41. The number of nitrogens with zero attached hydrogens (tertiary/aromatic N) is 2. The van der Waals surface area contributed by atoms with E-state index in [1.807, 2.05) is 12.1 Å². The van der Waals surface area contributed by atoms with Gasteiger partial charge >= 0.3 is 0 Å². The van der Waals surface area contributed by atoms with Crippen molar-refractivity contribution in [2.24, 2.45) is 5.92 Å². The summed E-state index contributed by atoms with van der Waals surface area (Å²) in [5.74, 6) is -0.170. The summed E-state index contributed by atoms with van der Waals surface area (Å²) >= 11 is 0. The molecule has 2 unspecified atom stereocenters. The van der Waals surface area contributed by atoms with Crippen molar-refractivity contribution >= 4 is 27.3 Å². The Hall–Kier alpha value is -2.87. The molecule has 0 spiro atoms. The molecule has 2 fully saturated rings. The number of carbonyl (C=O) groups is 2. The van der Waals surface area contributed by atoms with Crippen molar-refractivity contribution in [2.75, 3.05) is 30.9 Å². The highest BCUT2D eigenvalue weighted by molar-refractivity contribution is 7.91. The Balaban J connectivity index is 1.47. The quantitative estimate of drug-likeness (QED) is 0.686. The van der Waals surface area contributed by atoms with Crippen LogP contribution < -0.4 is 9.64 Å². The van der Waals surface area contributed by atoms with Crippen LogP contribution in [0.25, 0.3) is 0 Å². The van der Waals surface area contributed by atoms with Gasteiger partial charge < -0.3 is 14.5 Å². The zero-order valence-electron chi connectivity index (χ0n) is 17.4. The number of hydrogen-bond acceptors (Lipinski definition) is 5. The summed E-state index contributed by atoms with van der Waals surface area (Å²) in [5, 5.41) is 0. The Morgan fingerprint density at radius 3 is 2.65 bits per heavy atom. The van der Waals surface area contributed by atoms with Gasteiger partial charge in [-0.1, -0.05) is 24.3 Å². The van der Waals surface area contributed by atoms with Crippen molar-refractivity contribution in [3.05, 3.63) is 54.6 Å². The molecular weight excluding hydrogens is 416 g/mol. The average molecular weight is 443 g/mol. The van der Waals surface area contributed by atoms with Crippen LogP contribution in [0.1, 0.15) is 19.3 Å². The third kappa shape index (κ3) is 4.44. The van der Waals surface area contributed by atoms with Gasteiger partial charge in [-0.15, -0.1) is 0 Å². The van der Waals surface area contributed by atoms with Crippen molar-refractivity contribution in [2.45, 2.75) is 30.2 Å². The van der Waals surface area contributed by atoms with Gasteiger partial charge in [-0.05, 0) is 37.1 Å². The highest BCUT2D eigenvalue weighted by Gasteiger charge is 2.41. The fourth-order valence-corrected chi connectivity index (χ4v) is 6.03. The first kappa shape index (κ1) is 21.4. The van der Waals surface area contributed by atoms with E-state index in [4.69, 9.17) is 4.74 Å². The van der Waals surface area contributed by atoms with E-state index in [1.165, 1.54) is 0 Å². The molecule has 2 aliphatic rings. The lowest BCUT2D eigenvalue weighted by molar-refractivity contribution is -0.136. The number of sulfone groups is 1. The van der Waals surface area contributed by atoms with Gasteiger partial charge in [-0.25, -0.2) is 8.42 Å². The van der Waals surface area contributed by atoms with Crippen LogP contribution in [-0.2, 0) is 19.4 Å². The highest BCUT2D eigenvalue weighted by atomic mass is 32.2. The van der Waals surface area contributed by atoms with Gasteiger partial charge in [0.1, 0.15) is 5.75 Å². The van der Waals surface area contributed by atoms with E-state index < -0.39 is 15.8 Å². The lowest BCUT2D eigenvalue weighted by Crippen LogP contribution is -2.43. The summed E-state index contributed by atoms with van der Waals surface area (Å²) in [4.78, 5) is 29.4. The van der Waals surface area contributed by atoms with Crippen molar-refractivity contribution in [3.8, 4) is 5.75 Å². The number of benzene rings is 2. The average Bonchev–Trinajstić information content (AvgIpc) is 3.40. The molecule has 0 aromatic heterocycles. The summed E-state index contributed by atoms with van der Waals surface area (Å²) in [6, 6.07) is 15.2. The Morgan fingerprint density at radius 1 is 1.13 bits per heavy atom. The number of carbonyl (C=O) groups excluding carboxylic acids is 2. The molecule has 2 saturated heterocycles. The van der Waals surface area contributed by atoms with E-state index in [-0.39, 0.29) is 34.9 Å². The molecule has 0 radical (unpaired) electrons. The van der Waals surface area contributed by atoms with Crippen molar-refractivity contribution < 1.29 is 22.7 Å². The van der Waals surface area contributed by atoms with Crippen LogP contribution in [0.4, 0.5) is 5.69 Å². The molecule has 8 heteroatoms. The number of anilines is 1. The van der Waals surface area contributed by atoms with E-state index in [0.717, 1.165) is 6.42 Å². The van der Waals surface area contributed by atoms with Crippen LogP contribution in [0.15, 0.2) is 59.5 Å². The van der Waals surface area contributed by atoms with Crippen molar-refractivity contribution in [1.29, 1.82) is 0 Å². The van der Waals surface area contributed by atoms with Gasteiger partial charge in [0.05, 0.1) is 23.7 Å². The Bertz CT molecular complexity index is 1070. The van der Waals surface area contributed by atoms with Crippen LogP contribution in [0.3, 0.4) is 0 Å². The maximum absolute atomic E-state index is 13.3.